The Hall–Kier alpha value is -4.28. The Balaban J connectivity index is 1.76. The molecule has 0 aromatic heterocycles. The van der Waals surface area contributed by atoms with Crippen molar-refractivity contribution in [2.75, 3.05) is 57.8 Å². The van der Waals surface area contributed by atoms with Gasteiger partial charge in [-0.15, -0.1) is 0 Å². The zero-order valence-electron chi connectivity index (χ0n) is 31.8. The average molecular weight is 705 g/mol. The van der Waals surface area contributed by atoms with Crippen LogP contribution in [-0.2, 0) is 22.6 Å². The van der Waals surface area contributed by atoms with E-state index >= 15 is 0 Å². The van der Waals surface area contributed by atoms with Gasteiger partial charge < -0.3 is 39.4 Å². The van der Waals surface area contributed by atoms with Crippen molar-refractivity contribution in [3.05, 3.63) is 83.9 Å². The monoisotopic (exact) mass is 704 g/mol. The van der Waals surface area contributed by atoms with Gasteiger partial charge in [0.2, 0.25) is 5.91 Å². The summed E-state index contributed by atoms with van der Waals surface area (Å²) in [5.41, 5.74) is 1.69. The number of nitrogens with zero attached hydrogens (tertiary/aromatic N) is 2. The first-order valence-electron chi connectivity index (χ1n) is 18.4. The molecule has 2 N–H and O–H groups in total. The van der Waals surface area contributed by atoms with E-state index in [-0.39, 0.29) is 6.42 Å². The summed E-state index contributed by atoms with van der Waals surface area (Å²) in [7, 11) is 0. The van der Waals surface area contributed by atoms with Crippen molar-refractivity contribution in [2.24, 2.45) is 0 Å². The van der Waals surface area contributed by atoms with Crippen molar-refractivity contribution in [1.29, 1.82) is 0 Å². The minimum atomic E-state index is -0.928. The molecule has 10 heteroatoms. The summed E-state index contributed by atoms with van der Waals surface area (Å²) in [5.74, 6) is 1.50. The third-order valence-corrected chi connectivity index (χ3v) is 8.38. The van der Waals surface area contributed by atoms with Crippen LogP contribution in [0.4, 0.5) is 10.5 Å². The SMILES string of the molecule is CCN(CC)CCCOc1ccc(NC(=O)[C@@H](Cc2ccc(OCc3ccccc3)cc2)NC(=O)OC(C)(C)C)c(OCCCN(CC)CC)c1. The van der Waals surface area contributed by atoms with E-state index in [1.165, 1.54) is 0 Å². The van der Waals surface area contributed by atoms with Crippen molar-refractivity contribution in [3.8, 4) is 17.2 Å². The average Bonchev–Trinajstić information content (AvgIpc) is 3.11. The number of hydrogen-bond donors (Lipinski definition) is 2. The Morgan fingerprint density at radius 1 is 0.706 bits per heavy atom. The van der Waals surface area contributed by atoms with Gasteiger partial charge in [-0.3, -0.25) is 4.79 Å². The molecule has 0 saturated carbocycles. The molecular formula is C41H60N4O6. The zero-order valence-corrected chi connectivity index (χ0v) is 31.8. The number of amides is 2. The van der Waals surface area contributed by atoms with Crippen LogP contribution in [0.5, 0.6) is 17.2 Å². The van der Waals surface area contributed by atoms with E-state index in [0.717, 1.165) is 63.2 Å². The first-order chi connectivity index (χ1) is 24.5. The molecule has 3 aromatic rings. The molecule has 1 atom stereocenters. The predicted molar refractivity (Wildman–Crippen MR) is 205 cm³/mol. The van der Waals surface area contributed by atoms with E-state index in [1.807, 2.05) is 66.7 Å². The van der Waals surface area contributed by atoms with Crippen LogP contribution in [0.3, 0.4) is 0 Å². The molecule has 0 spiro atoms. The lowest BCUT2D eigenvalue weighted by Crippen LogP contribution is -2.47. The summed E-state index contributed by atoms with van der Waals surface area (Å²) in [4.78, 5) is 31.5. The molecule has 0 heterocycles. The third kappa shape index (κ3) is 15.7. The molecule has 0 aliphatic heterocycles. The molecule has 0 aliphatic rings. The van der Waals surface area contributed by atoms with Gasteiger partial charge in [-0.05, 0) is 95.2 Å². The van der Waals surface area contributed by atoms with Crippen molar-refractivity contribution in [2.45, 2.75) is 86.0 Å². The summed E-state index contributed by atoms with van der Waals surface area (Å²) >= 11 is 0. The Morgan fingerprint density at radius 3 is 1.88 bits per heavy atom. The summed E-state index contributed by atoms with van der Waals surface area (Å²) in [6, 6.07) is 22.0. The van der Waals surface area contributed by atoms with E-state index in [9.17, 15) is 9.59 Å². The quantitative estimate of drug-likeness (QED) is 0.103. The molecule has 0 unspecified atom stereocenters. The van der Waals surface area contributed by atoms with Crippen molar-refractivity contribution < 1.29 is 28.5 Å². The highest BCUT2D eigenvalue weighted by molar-refractivity contribution is 5.98. The lowest BCUT2D eigenvalue weighted by atomic mass is 10.0. The molecule has 51 heavy (non-hydrogen) atoms. The first-order valence-corrected chi connectivity index (χ1v) is 18.4. The van der Waals surface area contributed by atoms with Crippen LogP contribution in [0.25, 0.3) is 0 Å². The lowest BCUT2D eigenvalue weighted by molar-refractivity contribution is -0.118. The minimum absolute atomic E-state index is 0.234. The largest absolute Gasteiger partial charge is 0.493 e. The standard InChI is InChI=1S/C41H60N4O6/c1-8-44(9-2)25-15-27-48-35-23-24-36(38(30-35)49-28-16-26-45(10-3)11-4)42-39(46)37(43-40(47)51-41(5,6)7)29-32-19-21-34(22-20-32)50-31-33-17-13-12-14-18-33/h12-14,17-24,30,37H,8-11,15-16,25-29,31H2,1-7H3,(H,42,46)(H,43,47)/t37-/m1/s1. The number of nitrogens with one attached hydrogen (secondary N) is 2. The smallest absolute Gasteiger partial charge is 0.408 e. The molecule has 0 radical (unpaired) electrons. The highest BCUT2D eigenvalue weighted by Gasteiger charge is 2.26. The molecule has 3 rings (SSSR count). The normalized spacial score (nSPS) is 12.0. The molecule has 0 aliphatic carbocycles. The van der Waals surface area contributed by atoms with Gasteiger partial charge >= 0.3 is 6.09 Å². The highest BCUT2D eigenvalue weighted by Crippen LogP contribution is 2.30. The fraction of sp³-hybridized carbons (Fsp3) is 0.512. The summed E-state index contributed by atoms with van der Waals surface area (Å²) < 4.78 is 23.8. The first kappa shape index (κ1) is 41.1. The number of ether oxygens (including phenoxy) is 4. The Morgan fingerprint density at radius 2 is 1.29 bits per heavy atom. The predicted octanol–water partition coefficient (Wildman–Crippen LogP) is 7.56. The summed E-state index contributed by atoms with van der Waals surface area (Å²) in [5, 5.41) is 5.80. The molecule has 0 fully saturated rings. The van der Waals surface area contributed by atoms with Gasteiger partial charge in [-0.2, -0.15) is 0 Å². The molecule has 280 valence electrons. The van der Waals surface area contributed by atoms with Crippen molar-refractivity contribution in [1.82, 2.24) is 15.1 Å². The van der Waals surface area contributed by atoms with Gasteiger partial charge in [0, 0.05) is 25.6 Å². The fourth-order valence-electron chi connectivity index (χ4n) is 5.42. The van der Waals surface area contributed by atoms with Crippen LogP contribution in [0.15, 0.2) is 72.8 Å². The Bertz CT molecular complexity index is 1440. The maximum absolute atomic E-state index is 13.9. The van der Waals surface area contributed by atoms with E-state index in [1.54, 1.807) is 26.8 Å². The summed E-state index contributed by atoms with van der Waals surface area (Å²) in [6.45, 7) is 21.3. The molecule has 3 aromatic carbocycles. The molecule has 10 nitrogen and oxygen atoms in total. The van der Waals surface area contributed by atoms with Crippen LogP contribution < -0.4 is 24.8 Å². The van der Waals surface area contributed by atoms with Gasteiger partial charge in [0.25, 0.3) is 0 Å². The van der Waals surface area contributed by atoms with E-state index in [4.69, 9.17) is 18.9 Å². The summed E-state index contributed by atoms with van der Waals surface area (Å²) in [6.07, 6.45) is 1.29. The van der Waals surface area contributed by atoms with E-state index < -0.39 is 23.6 Å². The van der Waals surface area contributed by atoms with Gasteiger partial charge in [0.1, 0.15) is 35.5 Å². The molecule has 0 saturated heterocycles. The molecular weight excluding hydrogens is 644 g/mol. The van der Waals surface area contributed by atoms with Crippen LogP contribution in [0.2, 0.25) is 0 Å². The Labute approximate surface area is 305 Å². The topological polar surface area (TPSA) is 102 Å². The van der Waals surface area contributed by atoms with E-state index in [0.29, 0.717) is 42.8 Å². The number of alkyl carbamates (subject to hydrolysis) is 1. The fourth-order valence-corrected chi connectivity index (χ4v) is 5.42. The zero-order chi connectivity index (χ0) is 37.1. The van der Waals surface area contributed by atoms with Crippen LogP contribution in [0.1, 0.15) is 72.4 Å². The number of anilines is 1. The maximum Gasteiger partial charge on any atom is 0.408 e. The lowest BCUT2D eigenvalue weighted by Gasteiger charge is -2.24. The van der Waals surface area contributed by atoms with Crippen molar-refractivity contribution in [3.63, 3.8) is 0 Å². The maximum atomic E-state index is 13.9. The second-order valence-corrected chi connectivity index (χ2v) is 13.4. The minimum Gasteiger partial charge on any atom is -0.493 e. The number of carbonyl (C=O) groups excluding carboxylic acids is 2. The third-order valence-electron chi connectivity index (χ3n) is 8.38. The number of carbonyl (C=O) groups is 2. The van der Waals surface area contributed by atoms with Crippen LogP contribution in [-0.4, -0.2) is 85.9 Å². The second kappa shape index (κ2) is 21.8. The number of hydrogen-bond acceptors (Lipinski definition) is 8. The second-order valence-electron chi connectivity index (χ2n) is 13.4. The van der Waals surface area contributed by atoms with E-state index in [2.05, 4.69) is 48.1 Å². The van der Waals surface area contributed by atoms with Gasteiger partial charge in [-0.1, -0.05) is 70.2 Å². The van der Waals surface area contributed by atoms with Gasteiger partial charge in [0.05, 0.1) is 18.9 Å². The van der Waals surface area contributed by atoms with Gasteiger partial charge in [-0.25, -0.2) is 4.79 Å². The molecule has 2 amide bonds. The number of benzene rings is 3. The highest BCUT2D eigenvalue weighted by atomic mass is 16.6. The van der Waals surface area contributed by atoms with Crippen LogP contribution in [0, 0.1) is 0 Å². The van der Waals surface area contributed by atoms with Crippen LogP contribution >= 0.6 is 0 Å². The Kier molecular flexibility index (Phi) is 17.6. The molecule has 0 bridgehead atoms. The van der Waals surface area contributed by atoms with Gasteiger partial charge in [0.15, 0.2) is 0 Å². The van der Waals surface area contributed by atoms with Crippen molar-refractivity contribution >= 4 is 17.7 Å². The number of rotatable bonds is 22.